The molecular formula is C18H16N8O. The van der Waals surface area contributed by atoms with E-state index in [1.165, 1.54) is 0 Å². The number of benzene rings is 1. The molecular weight excluding hydrogens is 344 g/mol. The van der Waals surface area contributed by atoms with Crippen LogP contribution in [0.25, 0.3) is 16.9 Å². The lowest BCUT2D eigenvalue weighted by Gasteiger charge is -2.11. The number of nitrogens with two attached hydrogens (primary N) is 1. The Morgan fingerprint density at radius 1 is 1.26 bits per heavy atom. The molecule has 0 bridgehead atoms. The number of hydrogen-bond donors (Lipinski definition) is 3. The largest absolute Gasteiger partial charge is 0.369 e. The average molecular weight is 360 g/mol. The predicted molar refractivity (Wildman–Crippen MR) is 98.2 cm³/mol. The Morgan fingerprint density at radius 2 is 2.07 bits per heavy atom. The summed E-state index contributed by atoms with van der Waals surface area (Å²) in [5.41, 5.74) is 8.99. The van der Waals surface area contributed by atoms with Crippen LogP contribution in [-0.4, -0.2) is 35.7 Å². The van der Waals surface area contributed by atoms with E-state index in [1.54, 1.807) is 29.3 Å². The first-order valence-electron chi connectivity index (χ1n) is 8.54. The van der Waals surface area contributed by atoms with Gasteiger partial charge in [0.2, 0.25) is 11.9 Å². The Hall–Kier alpha value is -3.75. The summed E-state index contributed by atoms with van der Waals surface area (Å²) in [5.74, 6) is 0.195. The van der Waals surface area contributed by atoms with E-state index in [1.807, 2.05) is 24.3 Å². The molecule has 1 aromatic carbocycles. The summed E-state index contributed by atoms with van der Waals surface area (Å²) in [4.78, 5) is 20.6. The quantitative estimate of drug-likeness (QED) is 0.498. The summed E-state index contributed by atoms with van der Waals surface area (Å²) >= 11 is 0. The third kappa shape index (κ3) is 2.51. The topological polar surface area (TPSA) is 127 Å². The Kier molecular flexibility index (Phi) is 3.23. The molecule has 1 amide bonds. The maximum atomic E-state index is 11.7. The summed E-state index contributed by atoms with van der Waals surface area (Å²) in [6, 6.07) is 7.65. The molecule has 4 aromatic rings. The molecule has 0 spiro atoms. The number of primary amides is 1. The molecule has 1 aliphatic carbocycles. The van der Waals surface area contributed by atoms with Crippen molar-refractivity contribution < 1.29 is 4.79 Å². The van der Waals surface area contributed by atoms with Crippen LogP contribution < -0.4 is 11.1 Å². The van der Waals surface area contributed by atoms with Crippen molar-refractivity contribution in [3.8, 4) is 11.3 Å². The van der Waals surface area contributed by atoms with Crippen LogP contribution in [0, 0.1) is 0 Å². The van der Waals surface area contributed by atoms with Crippen molar-refractivity contribution in [2.45, 2.75) is 18.3 Å². The Balaban J connectivity index is 1.44. The number of carbonyl (C=O) groups excluding carboxylic acids is 1. The molecule has 0 unspecified atom stereocenters. The highest BCUT2D eigenvalue weighted by atomic mass is 16.1. The second-order valence-electron chi connectivity index (χ2n) is 6.62. The molecule has 3 aromatic heterocycles. The summed E-state index contributed by atoms with van der Waals surface area (Å²) in [5, 5.41) is 14.4. The van der Waals surface area contributed by atoms with Crippen molar-refractivity contribution in [1.29, 1.82) is 0 Å². The van der Waals surface area contributed by atoms with E-state index in [2.05, 4.69) is 30.6 Å². The van der Waals surface area contributed by atoms with Crippen LogP contribution in [0.2, 0.25) is 0 Å². The van der Waals surface area contributed by atoms with Gasteiger partial charge in [-0.3, -0.25) is 14.9 Å². The highest BCUT2D eigenvalue weighted by Crippen LogP contribution is 2.48. The van der Waals surface area contributed by atoms with Crippen LogP contribution >= 0.6 is 0 Å². The van der Waals surface area contributed by atoms with Gasteiger partial charge in [0.15, 0.2) is 5.65 Å². The third-order valence-electron chi connectivity index (χ3n) is 4.94. The number of rotatable bonds is 5. The van der Waals surface area contributed by atoms with E-state index in [0.717, 1.165) is 29.7 Å². The average Bonchev–Trinajstić information content (AvgIpc) is 3.11. The first-order chi connectivity index (χ1) is 13.2. The van der Waals surface area contributed by atoms with E-state index in [9.17, 15) is 4.79 Å². The highest BCUT2D eigenvalue weighted by Gasteiger charge is 2.49. The maximum Gasteiger partial charge on any atom is 0.247 e. The highest BCUT2D eigenvalue weighted by molar-refractivity contribution is 5.90. The second kappa shape index (κ2) is 5.63. The summed E-state index contributed by atoms with van der Waals surface area (Å²) in [7, 11) is 0. The molecule has 4 N–H and O–H groups in total. The Labute approximate surface area is 153 Å². The van der Waals surface area contributed by atoms with Crippen molar-refractivity contribution in [3.05, 3.63) is 54.6 Å². The zero-order valence-electron chi connectivity index (χ0n) is 14.3. The fourth-order valence-electron chi connectivity index (χ4n) is 3.26. The second-order valence-corrected chi connectivity index (χ2v) is 6.62. The van der Waals surface area contributed by atoms with Crippen molar-refractivity contribution in [2.24, 2.45) is 5.73 Å². The number of amides is 1. The minimum atomic E-state index is -0.481. The van der Waals surface area contributed by atoms with Gasteiger partial charge >= 0.3 is 0 Å². The molecule has 1 aliphatic rings. The number of aromatic amines is 1. The summed E-state index contributed by atoms with van der Waals surface area (Å²) in [6.45, 7) is 0. The smallest absolute Gasteiger partial charge is 0.247 e. The first kappa shape index (κ1) is 15.5. The third-order valence-corrected chi connectivity index (χ3v) is 4.94. The summed E-state index contributed by atoms with van der Waals surface area (Å²) < 4.78 is 1.66. The number of aromatic nitrogens is 6. The number of nitrogens with zero attached hydrogens (tertiary/aromatic N) is 5. The van der Waals surface area contributed by atoms with Gasteiger partial charge in [0.25, 0.3) is 0 Å². The molecule has 5 rings (SSSR count). The lowest BCUT2D eigenvalue weighted by Crippen LogP contribution is -2.28. The monoisotopic (exact) mass is 360 g/mol. The van der Waals surface area contributed by atoms with Crippen LogP contribution in [0.5, 0.6) is 0 Å². The number of nitrogens with one attached hydrogen (secondary N) is 2. The maximum absolute atomic E-state index is 11.7. The van der Waals surface area contributed by atoms with Gasteiger partial charge in [-0.1, -0.05) is 12.1 Å². The van der Waals surface area contributed by atoms with Gasteiger partial charge in [-0.2, -0.15) is 10.1 Å². The molecule has 134 valence electrons. The number of anilines is 2. The van der Waals surface area contributed by atoms with Gasteiger partial charge in [0.05, 0.1) is 11.6 Å². The molecule has 9 nitrogen and oxygen atoms in total. The van der Waals surface area contributed by atoms with Crippen molar-refractivity contribution in [2.75, 3.05) is 5.32 Å². The Bertz CT molecular complexity index is 1130. The van der Waals surface area contributed by atoms with Gasteiger partial charge in [0.1, 0.15) is 5.69 Å². The van der Waals surface area contributed by atoms with Crippen molar-refractivity contribution >= 4 is 23.2 Å². The van der Waals surface area contributed by atoms with Crippen LogP contribution in [0.1, 0.15) is 18.4 Å². The molecule has 27 heavy (non-hydrogen) atoms. The lowest BCUT2D eigenvalue weighted by molar-refractivity contribution is -0.120. The van der Waals surface area contributed by atoms with Crippen LogP contribution in [0.15, 0.2) is 49.1 Å². The van der Waals surface area contributed by atoms with Gasteiger partial charge in [-0.05, 0) is 30.5 Å². The standard InChI is InChI=1S/C18H16N8O/c19-16(27)18(5-6-18)12-1-3-13(4-2-12)23-17-24-15-14(11-9-21-22-10-11)20-7-8-26(15)25-17/h1-4,7-10H,5-6H2,(H2,19,27)(H,21,22)(H,23,25). The molecule has 0 atom stereocenters. The van der Waals surface area contributed by atoms with Crippen LogP contribution in [0.3, 0.4) is 0 Å². The summed E-state index contributed by atoms with van der Waals surface area (Å²) in [6.07, 6.45) is 8.48. The van der Waals surface area contributed by atoms with Gasteiger partial charge in [0, 0.05) is 29.8 Å². The van der Waals surface area contributed by atoms with Crippen molar-refractivity contribution in [1.82, 2.24) is 29.8 Å². The lowest BCUT2D eigenvalue weighted by atomic mass is 9.95. The number of carbonyl (C=O) groups is 1. The number of fused-ring (bicyclic) bond motifs is 1. The Morgan fingerprint density at radius 3 is 2.74 bits per heavy atom. The molecule has 1 saturated carbocycles. The molecule has 0 aliphatic heterocycles. The minimum absolute atomic E-state index is 0.260. The van der Waals surface area contributed by atoms with Crippen LogP contribution in [0.4, 0.5) is 11.6 Å². The molecule has 9 heteroatoms. The molecule has 3 heterocycles. The minimum Gasteiger partial charge on any atom is -0.369 e. The molecule has 0 saturated heterocycles. The van der Waals surface area contributed by atoms with Gasteiger partial charge in [-0.25, -0.2) is 4.52 Å². The SMILES string of the molecule is NC(=O)C1(c2ccc(Nc3nc4c(-c5cn[nH]c5)nccn4n3)cc2)CC1. The number of H-pyrrole nitrogens is 1. The number of hydrogen-bond acceptors (Lipinski definition) is 6. The molecule has 0 radical (unpaired) electrons. The molecule has 1 fully saturated rings. The van der Waals surface area contributed by atoms with Gasteiger partial charge < -0.3 is 11.1 Å². The zero-order valence-corrected chi connectivity index (χ0v) is 14.3. The van der Waals surface area contributed by atoms with E-state index in [4.69, 9.17) is 5.73 Å². The van der Waals surface area contributed by atoms with E-state index >= 15 is 0 Å². The van der Waals surface area contributed by atoms with Gasteiger partial charge in [-0.15, -0.1) is 5.10 Å². The van der Waals surface area contributed by atoms with E-state index < -0.39 is 5.41 Å². The van der Waals surface area contributed by atoms with E-state index in [-0.39, 0.29) is 5.91 Å². The normalized spacial score (nSPS) is 15.0. The van der Waals surface area contributed by atoms with Crippen LogP contribution in [-0.2, 0) is 10.2 Å². The fourth-order valence-corrected chi connectivity index (χ4v) is 3.26. The van der Waals surface area contributed by atoms with Crippen molar-refractivity contribution in [3.63, 3.8) is 0 Å². The zero-order chi connectivity index (χ0) is 18.4. The fraction of sp³-hybridized carbons (Fsp3) is 0.167. The predicted octanol–water partition coefficient (Wildman–Crippen LogP) is 1.77. The first-order valence-corrected chi connectivity index (χ1v) is 8.54. The van der Waals surface area contributed by atoms with E-state index in [0.29, 0.717) is 17.3 Å².